The molecule has 0 saturated carbocycles. The summed E-state index contributed by atoms with van der Waals surface area (Å²) in [5, 5.41) is 0. The zero-order valence-corrected chi connectivity index (χ0v) is 16.3. The molecule has 3 aromatic carbocycles. The second-order valence-electron chi connectivity index (χ2n) is 7.86. The first-order valence-corrected chi connectivity index (χ1v) is 10.2. The maximum atomic E-state index is 2.64. The van der Waals surface area contributed by atoms with Gasteiger partial charge < -0.3 is 0 Å². The van der Waals surface area contributed by atoms with Gasteiger partial charge in [0.25, 0.3) is 0 Å². The second kappa shape index (κ2) is 8.54. The first kappa shape index (κ1) is 18.0. The van der Waals surface area contributed by atoms with Crippen molar-refractivity contribution in [3.63, 3.8) is 0 Å². The molecule has 1 nitrogen and oxygen atoms in total. The van der Waals surface area contributed by atoms with Crippen molar-refractivity contribution in [3.8, 4) is 11.1 Å². The highest BCUT2D eigenvalue weighted by atomic mass is 15.1. The Morgan fingerprint density at radius 1 is 0.778 bits per heavy atom. The Labute approximate surface area is 163 Å². The highest BCUT2D eigenvalue weighted by Crippen LogP contribution is 2.28. The van der Waals surface area contributed by atoms with E-state index in [-0.39, 0.29) is 0 Å². The molecule has 0 radical (unpaired) electrons. The van der Waals surface area contributed by atoms with Crippen molar-refractivity contribution in [2.75, 3.05) is 13.1 Å². The first-order valence-electron chi connectivity index (χ1n) is 10.2. The van der Waals surface area contributed by atoms with Crippen molar-refractivity contribution in [1.29, 1.82) is 0 Å². The molecule has 4 rings (SSSR count). The summed E-state index contributed by atoms with van der Waals surface area (Å²) >= 11 is 0. The SMILES string of the molecule is Cc1c(CN2CCC(Cc3ccccc3)CC2)cccc1-c1ccccc1. The van der Waals surface area contributed by atoms with Gasteiger partial charge in [0.15, 0.2) is 0 Å². The van der Waals surface area contributed by atoms with Gasteiger partial charge in [-0.25, -0.2) is 0 Å². The zero-order chi connectivity index (χ0) is 18.5. The number of benzene rings is 3. The van der Waals surface area contributed by atoms with Gasteiger partial charge in [0, 0.05) is 6.54 Å². The van der Waals surface area contributed by atoms with Crippen LogP contribution in [0.15, 0.2) is 78.9 Å². The fraction of sp³-hybridized carbons (Fsp3) is 0.308. The average molecular weight is 356 g/mol. The van der Waals surface area contributed by atoms with Crippen molar-refractivity contribution in [2.45, 2.75) is 32.7 Å². The van der Waals surface area contributed by atoms with Crippen molar-refractivity contribution >= 4 is 0 Å². The van der Waals surface area contributed by atoms with Gasteiger partial charge in [0.1, 0.15) is 0 Å². The molecule has 3 aromatic rings. The van der Waals surface area contributed by atoms with Crippen LogP contribution in [0.2, 0.25) is 0 Å². The maximum Gasteiger partial charge on any atom is 0.0236 e. The molecule has 1 aliphatic heterocycles. The summed E-state index contributed by atoms with van der Waals surface area (Å²) in [6.45, 7) is 5.78. The van der Waals surface area contributed by atoms with Crippen LogP contribution in [0.1, 0.15) is 29.5 Å². The van der Waals surface area contributed by atoms with E-state index >= 15 is 0 Å². The van der Waals surface area contributed by atoms with Crippen molar-refractivity contribution < 1.29 is 0 Å². The van der Waals surface area contributed by atoms with E-state index in [9.17, 15) is 0 Å². The molecular weight excluding hydrogens is 326 g/mol. The summed E-state index contributed by atoms with van der Waals surface area (Å²) < 4.78 is 0. The normalized spacial score (nSPS) is 15.7. The van der Waals surface area contributed by atoms with Crippen molar-refractivity contribution in [2.24, 2.45) is 5.92 Å². The van der Waals surface area contributed by atoms with Crippen LogP contribution in [0, 0.1) is 12.8 Å². The first-order chi connectivity index (χ1) is 13.3. The van der Waals surface area contributed by atoms with Crippen LogP contribution >= 0.6 is 0 Å². The Morgan fingerprint density at radius 3 is 2.15 bits per heavy atom. The van der Waals surface area contributed by atoms with Gasteiger partial charge in [-0.2, -0.15) is 0 Å². The Morgan fingerprint density at radius 2 is 1.44 bits per heavy atom. The van der Waals surface area contributed by atoms with Gasteiger partial charge in [-0.3, -0.25) is 4.90 Å². The Hall–Kier alpha value is -2.38. The molecule has 0 bridgehead atoms. The molecular formula is C26H29N. The highest BCUT2D eigenvalue weighted by Gasteiger charge is 2.20. The molecule has 0 amide bonds. The second-order valence-corrected chi connectivity index (χ2v) is 7.86. The molecule has 1 fully saturated rings. The molecule has 138 valence electrons. The van der Waals surface area contributed by atoms with E-state index in [1.54, 1.807) is 0 Å². The Kier molecular flexibility index (Phi) is 5.69. The van der Waals surface area contributed by atoms with Crippen LogP contribution < -0.4 is 0 Å². The van der Waals surface area contributed by atoms with E-state index in [4.69, 9.17) is 0 Å². The predicted octanol–water partition coefficient (Wildman–Crippen LogP) is 6.12. The molecule has 27 heavy (non-hydrogen) atoms. The van der Waals surface area contributed by atoms with Crippen LogP contribution in [0.25, 0.3) is 11.1 Å². The highest BCUT2D eigenvalue weighted by molar-refractivity contribution is 5.68. The van der Waals surface area contributed by atoms with Gasteiger partial charge in [-0.1, -0.05) is 78.9 Å². The lowest BCUT2D eigenvalue weighted by molar-refractivity contribution is 0.177. The third kappa shape index (κ3) is 4.48. The largest absolute Gasteiger partial charge is 0.299 e. The monoisotopic (exact) mass is 355 g/mol. The van der Waals surface area contributed by atoms with E-state index in [0.717, 1.165) is 12.5 Å². The standard InChI is InChI=1S/C26H29N/c1-21-25(13-8-14-26(21)24-11-6-3-7-12-24)20-27-17-15-23(16-18-27)19-22-9-4-2-5-10-22/h2-14,23H,15-20H2,1H3. The minimum Gasteiger partial charge on any atom is -0.299 e. The number of piperidine rings is 1. The van der Waals surface area contributed by atoms with Crippen molar-refractivity contribution in [3.05, 3.63) is 95.6 Å². The number of hydrogen-bond acceptors (Lipinski definition) is 1. The van der Waals surface area contributed by atoms with E-state index < -0.39 is 0 Å². The molecule has 0 aromatic heterocycles. The van der Waals surface area contributed by atoms with Crippen LogP contribution in [0.4, 0.5) is 0 Å². The van der Waals surface area contributed by atoms with Crippen LogP contribution in [0.5, 0.6) is 0 Å². The molecule has 0 atom stereocenters. The number of hydrogen-bond donors (Lipinski definition) is 0. The van der Waals surface area contributed by atoms with E-state index in [1.165, 1.54) is 60.2 Å². The van der Waals surface area contributed by atoms with Crippen LogP contribution in [-0.2, 0) is 13.0 Å². The maximum absolute atomic E-state index is 2.64. The lowest BCUT2D eigenvalue weighted by Gasteiger charge is -2.32. The van der Waals surface area contributed by atoms with Gasteiger partial charge in [0.2, 0.25) is 0 Å². The van der Waals surface area contributed by atoms with Gasteiger partial charge >= 0.3 is 0 Å². The van der Waals surface area contributed by atoms with E-state index in [2.05, 4.69) is 90.7 Å². The van der Waals surface area contributed by atoms with Gasteiger partial charge in [0.05, 0.1) is 0 Å². The van der Waals surface area contributed by atoms with Crippen LogP contribution in [-0.4, -0.2) is 18.0 Å². The lowest BCUT2D eigenvalue weighted by atomic mass is 9.89. The number of nitrogens with zero attached hydrogens (tertiary/aromatic N) is 1. The minimum absolute atomic E-state index is 0.834. The molecule has 0 aliphatic carbocycles. The molecule has 1 heteroatoms. The molecule has 1 saturated heterocycles. The summed E-state index contributed by atoms with van der Waals surface area (Å²) in [5.74, 6) is 0.834. The molecule has 0 unspecified atom stereocenters. The van der Waals surface area contributed by atoms with Crippen molar-refractivity contribution in [1.82, 2.24) is 4.90 Å². The summed E-state index contributed by atoms with van der Waals surface area (Å²) in [6, 6.07) is 28.5. The topological polar surface area (TPSA) is 3.24 Å². The lowest BCUT2D eigenvalue weighted by Crippen LogP contribution is -2.34. The number of rotatable bonds is 5. The summed E-state index contributed by atoms with van der Waals surface area (Å²) in [5.41, 5.74) is 7.07. The van der Waals surface area contributed by atoms with E-state index in [0.29, 0.717) is 0 Å². The fourth-order valence-electron chi connectivity index (χ4n) is 4.32. The minimum atomic E-state index is 0.834. The molecule has 0 spiro atoms. The summed E-state index contributed by atoms with van der Waals surface area (Å²) in [7, 11) is 0. The average Bonchev–Trinajstić information content (AvgIpc) is 2.72. The quantitative estimate of drug-likeness (QED) is 0.533. The fourth-order valence-corrected chi connectivity index (χ4v) is 4.32. The Balaban J connectivity index is 1.38. The van der Waals surface area contributed by atoms with Gasteiger partial charge in [-0.05, 0) is 73.0 Å². The smallest absolute Gasteiger partial charge is 0.0236 e. The van der Waals surface area contributed by atoms with E-state index in [1.807, 2.05) is 0 Å². The van der Waals surface area contributed by atoms with Gasteiger partial charge in [-0.15, -0.1) is 0 Å². The molecule has 1 heterocycles. The Bertz CT molecular complexity index is 846. The third-order valence-corrected chi connectivity index (χ3v) is 6.00. The summed E-state index contributed by atoms with van der Waals surface area (Å²) in [6.07, 6.45) is 3.86. The summed E-state index contributed by atoms with van der Waals surface area (Å²) in [4.78, 5) is 2.64. The molecule has 0 N–H and O–H groups in total. The molecule has 1 aliphatic rings. The third-order valence-electron chi connectivity index (χ3n) is 6.00. The van der Waals surface area contributed by atoms with Crippen LogP contribution in [0.3, 0.4) is 0 Å². The number of likely N-dealkylation sites (tertiary alicyclic amines) is 1. The zero-order valence-electron chi connectivity index (χ0n) is 16.3. The predicted molar refractivity (Wildman–Crippen MR) is 115 cm³/mol.